The van der Waals surface area contributed by atoms with Crippen LogP contribution in [-0.2, 0) is 0 Å². The van der Waals surface area contributed by atoms with Crippen LogP contribution in [0.15, 0.2) is 17.3 Å². The molecule has 1 aromatic carbocycles. The minimum atomic E-state index is -0.382. The van der Waals surface area contributed by atoms with E-state index in [1.54, 1.807) is 0 Å². The molecule has 1 aliphatic carbocycles. The average molecular weight is 275 g/mol. The topological polar surface area (TPSA) is 87.7 Å². The molecule has 0 radical (unpaired) electrons. The van der Waals surface area contributed by atoms with Gasteiger partial charge >= 0.3 is 0 Å². The van der Waals surface area contributed by atoms with Crippen molar-refractivity contribution in [2.45, 2.75) is 39.7 Å². The summed E-state index contributed by atoms with van der Waals surface area (Å²) in [7, 11) is 0. The van der Waals surface area contributed by atoms with E-state index in [4.69, 9.17) is 10.9 Å². The maximum absolute atomic E-state index is 12.5. The van der Waals surface area contributed by atoms with E-state index in [1.165, 1.54) is 0 Å². The van der Waals surface area contributed by atoms with Gasteiger partial charge in [0.1, 0.15) is 0 Å². The number of oxime groups is 1. The van der Waals surface area contributed by atoms with Gasteiger partial charge in [-0.15, -0.1) is 0 Å². The summed E-state index contributed by atoms with van der Waals surface area (Å²) in [6.07, 6.45) is 1.99. The first kappa shape index (κ1) is 14.4. The van der Waals surface area contributed by atoms with Crippen LogP contribution in [0.4, 0.5) is 0 Å². The van der Waals surface area contributed by atoms with E-state index in [2.05, 4.69) is 10.5 Å². The molecule has 108 valence electrons. The molecule has 1 atom stereocenters. The van der Waals surface area contributed by atoms with Crippen LogP contribution in [0.5, 0.6) is 0 Å². The van der Waals surface area contributed by atoms with Gasteiger partial charge in [-0.2, -0.15) is 0 Å². The van der Waals surface area contributed by atoms with E-state index < -0.39 is 0 Å². The first-order valence-corrected chi connectivity index (χ1v) is 6.80. The summed E-state index contributed by atoms with van der Waals surface area (Å²) in [6.45, 7) is 5.85. The number of amides is 1. The summed E-state index contributed by atoms with van der Waals surface area (Å²) in [5.74, 6) is 0.188. The van der Waals surface area contributed by atoms with E-state index in [9.17, 15) is 4.79 Å². The second-order valence-corrected chi connectivity index (χ2v) is 5.59. The molecule has 5 heteroatoms. The van der Waals surface area contributed by atoms with Crippen LogP contribution in [-0.4, -0.2) is 23.0 Å². The number of rotatable bonds is 4. The molecule has 4 N–H and O–H groups in total. The molecule has 0 aliphatic heterocycles. The number of amidine groups is 1. The first-order valence-electron chi connectivity index (χ1n) is 6.80. The number of nitrogens with zero attached hydrogens (tertiary/aromatic N) is 1. The first-order chi connectivity index (χ1) is 9.43. The van der Waals surface area contributed by atoms with E-state index in [0.29, 0.717) is 5.56 Å². The molecule has 1 saturated carbocycles. The summed E-state index contributed by atoms with van der Waals surface area (Å²) in [4.78, 5) is 12.5. The standard InChI is InChI=1S/C15H21N3O2/c1-8-6-9(2)12(10(3)7-8)15(19)17-13(11-4-5-11)14(16)18-20/h6-7,11,13,20H,4-5H2,1-3H3,(H2,16,18)(H,17,19). The number of aryl methyl sites for hydroxylation is 3. The average Bonchev–Trinajstić information content (AvgIpc) is 3.17. The molecule has 0 spiro atoms. The Morgan fingerprint density at radius 3 is 2.35 bits per heavy atom. The molecule has 0 bridgehead atoms. The highest BCUT2D eigenvalue weighted by molar-refractivity contribution is 6.00. The van der Waals surface area contributed by atoms with Crippen LogP contribution in [0.2, 0.25) is 0 Å². The van der Waals surface area contributed by atoms with Gasteiger partial charge in [0, 0.05) is 5.56 Å². The van der Waals surface area contributed by atoms with Gasteiger partial charge in [0.15, 0.2) is 5.84 Å². The Morgan fingerprint density at radius 2 is 1.90 bits per heavy atom. The third-order valence-electron chi connectivity index (χ3n) is 3.72. The van der Waals surface area contributed by atoms with Crippen molar-refractivity contribution in [3.8, 4) is 0 Å². The monoisotopic (exact) mass is 275 g/mol. The number of carbonyl (C=O) groups excluding carboxylic acids is 1. The van der Waals surface area contributed by atoms with E-state index in [1.807, 2.05) is 32.9 Å². The van der Waals surface area contributed by atoms with E-state index >= 15 is 0 Å². The van der Waals surface area contributed by atoms with Crippen molar-refractivity contribution in [1.29, 1.82) is 0 Å². The summed E-state index contributed by atoms with van der Waals surface area (Å²) in [5.41, 5.74) is 9.35. The van der Waals surface area contributed by atoms with Crippen molar-refractivity contribution in [1.82, 2.24) is 5.32 Å². The number of benzene rings is 1. The molecule has 0 aromatic heterocycles. The van der Waals surface area contributed by atoms with E-state index in [-0.39, 0.29) is 23.7 Å². The molecular weight excluding hydrogens is 254 g/mol. The second kappa shape index (κ2) is 5.53. The quantitative estimate of drug-likeness (QED) is 0.339. The summed E-state index contributed by atoms with van der Waals surface area (Å²) >= 11 is 0. The molecule has 2 rings (SSSR count). The zero-order valence-corrected chi connectivity index (χ0v) is 12.1. The fourth-order valence-electron chi connectivity index (χ4n) is 2.68. The molecule has 20 heavy (non-hydrogen) atoms. The highest BCUT2D eigenvalue weighted by Gasteiger charge is 2.35. The van der Waals surface area contributed by atoms with E-state index in [0.717, 1.165) is 29.5 Å². The van der Waals surface area contributed by atoms with Crippen molar-refractivity contribution in [3.63, 3.8) is 0 Å². The Labute approximate surface area is 118 Å². The van der Waals surface area contributed by atoms with Crippen LogP contribution < -0.4 is 11.1 Å². The lowest BCUT2D eigenvalue weighted by Crippen LogP contribution is -2.46. The normalized spacial score (nSPS) is 16.9. The van der Waals surface area contributed by atoms with Crippen LogP contribution in [0.3, 0.4) is 0 Å². The summed E-state index contributed by atoms with van der Waals surface area (Å²) < 4.78 is 0. The highest BCUT2D eigenvalue weighted by atomic mass is 16.4. The maximum Gasteiger partial charge on any atom is 0.252 e. The van der Waals surface area contributed by atoms with Crippen LogP contribution in [0.25, 0.3) is 0 Å². The Kier molecular flexibility index (Phi) is 3.97. The molecule has 1 unspecified atom stereocenters. The number of hydrogen-bond donors (Lipinski definition) is 3. The van der Waals surface area contributed by atoms with Gasteiger partial charge in [-0.3, -0.25) is 4.79 Å². The third-order valence-corrected chi connectivity index (χ3v) is 3.72. The molecule has 1 fully saturated rings. The van der Waals surface area contributed by atoms with Crippen LogP contribution >= 0.6 is 0 Å². The Morgan fingerprint density at radius 1 is 1.35 bits per heavy atom. The van der Waals surface area contributed by atoms with Gasteiger partial charge in [0.2, 0.25) is 0 Å². The minimum absolute atomic E-state index is 0.0725. The Bertz CT molecular complexity index is 539. The summed E-state index contributed by atoms with van der Waals surface area (Å²) in [6, 6.07) is 3.59. The van der Waals surface area contributed by atoms with Gasteiger partial charge in [-0.25, -0.2) is 0 Å². The van der Waals surface area contributed by atoms with Gasteiger partial charge < -0.3 is 16.3 Å². The maximum atomic E-state index is 12.5. The van der Waals surface area contributed by atoms with Crippen molar-refractivity contribution < 1.29 is 10.0 Å². The lowest BCUT2D eigenvalue weighted by Gasteiger charge is -2.18. The number of nitrogens with one attached hydrogen (secondary N) is 1. The third kappa shape index (κ3) is 2.92. The summed E-state index contributed by atoms with van der Waals surface area (Å²) in [5, 5.41) is 14.8. The zero-order valence-electron chi connectivity index (χ0n) is 12.1. The lowest BCUT2D eigenvalue weighted by atomic mass is 9.98. The van der Waals surface area contributed by atoms with Crippen molar-refractivity contribution >= 4 is 11.7 Å². The van der Waals surface area contributed by atoms with Crippen LogP contribution in [0, 0.1) is 26.7 Å². The van der Waals surface area contributed by atoms with Gasteiger partial charge in [-0.1, -0.05) is 22.9 Å². The number of carbonyl (C=O) groups is 1. The van der Waals surface area contributed by atoms with Crippen molar-refractivity contribution in [3.05, 3.63) is 34.4 Å². The molecule has 0 heterocycles. The number of nitrogens with two attached hydrogens (primary N) is 1. The molecule has 1 aromatic rings. The minimum Gasteiger partial charge on any atom is -0.409 e. The molecule has 1 amide bonds. The van der Waals surface area contributed by atoms with Crippen molar-refractivity contribution in [2.24, 2.45) is 16.8 Å². The van der Waals surface area contributed by atoms with Gasteiger partial charge in [0.25, 0.3) is 5.91 Å². The zero-order chi connectivity index (χ0) is 14.9. The Hall–Kier alpha value is -2.04. The fraction of sp³-hybridized carbons (Fsp3) is 0.467. The second-order valence-electron chi connectivity index (χ2n) is 5.59. The highest BCUT2D eigenvalue weighted by Crippen LogP contribution is 2.33. The van der Waals surface area contributed by atoms with Crippen molar-refractivity contribution in [2.75, 3.05) is 0 Å². The van der Waals surface area contributed by atoms with Crippen LogP contribution in [0.1, 0.15) is 39.9 Å². The Balaban J connectivity index is 2.23. The van der Waals surface area contributed by atoms with Gasteiger partial charge in [-0.05, 0) is 50.7 Å². The largest absolute Gasteiger partial charge is 0.409 e. The lowest BCUT2D eigenvalue weighted by molar-refractivity contribution is 0.0941. The predicted octanol–water partition coefficient (Wildman–Crippen LogP) is 1.87. The molecular formula is C15H21N3O2. The fourth-order valence-corrected chi connectivity index (χ4v) is 2.68. The predicted molar refractivity (Wildman–Crippen MR) is 78.0 cm³/mol. The van der Waals surface area contributed by atoms with Gasteiger partial charge in [0.05, 0.1) is 6.04 Å². The SMILES string of the molecule is Cc1cc(C)c(C(=O)NC(C(N)=NO)C2CC2)c(C)c1. The molecule has 1 aliphatic rings. The molecule has 0 saturated heterocycles. The number of hydrogen-bond acceptors (Lipinski definition) is 3. The smallest absolute Gasteiger partial charge is 0.252 e. The molecule has 5 nitrogen and oxygen atoms in total.